The van der Waals surface area contributed by atoms with Gasteiger partial charge in [0, 0.05) is 12.6 Å². The van der Waals surface area contributed by atoms with Crippen molar-refractivity contribution < 1.29 is 8.42 Å². The van der Waals surface area contributed by atoms with E-state index in [1.165, 1.54) is 25.7 Å². The molecular weight excluding hydrogens is 340 g/mol. The van der Waals surface area contributed by atoms with Crippen molar-refractivity contribution in [1.29, 1.82) is 0 Å². The van der Waals surface area contributed by atoms with E-state index < -0.39 is 10.0 Å². The third-order valence-corrected chi connectivity index (χ3v) is 8.01. The van der Waals surface area contributed by atoms with Gasteiger partial charge in [-0.15, -0.1) is 11.3 Å². The third-order valence-electron chi connectivity index (χ3n) is 4.87. The molecule has 1 aromatic rings. The molecule has 0 unspecified atom stereocenters. The van der Waals surface area contributed by atoms with E-state index >= 15 is 0 Å². The molecule has 0 amide bonds. The summed E-state index contributed by atoms with van der Waals surface area (Å²) in [6.07, 6.45) is 7.60. The lowest BCUT2D eigenvalue weighted by Gasteiger charge is -2.36. The predicted molar refractivity (Wildman–Crippen MR) is 91.1 cm³/mol. The Kier molecular flexibility index (Phi) is 5.45. The summed E-state index contributed by atoms with van der Waals surface area (Å²) >= 11 is 6.92. The second-order valence-electron chi connectivity index (χ2n) is 6.33. The van der Waals surface area contributed by atoms with Crippen LogP contribution in [0.1, 0.15) is 38.5 Å². The number of likely N-dealkylation sites (tertiary alicyclic amines) is 1. The van der Waals surface area contributed by atoms with Crippen LogP contribution < -0.4 is 4.72 Å². The Hall–Kier alpha value is -0.140. The van der Waals surface area contributed by atoms with Crippen LogP contribution in [0.3, 0.4) is 0 Å². The van der Waals surface area contributed by atoms with Gasteiger partial charge in [-0.1, -0.05) is 24.4 Å². The van der Waals surface area contributed by atoms with Crippen molar-refractivity contribution in [2.75, 3.05) is 19.6 Å². The molecule has 1 aromatic heterocycles. The lowest BCUT2D eigenvalue weighted by Crippen LogP contribution is -2.42. The number of hydrogen-bond donors (Lipinski definition) is 1. The van der Waals surface area contributed by atoms with Gasteiger partial charge in [0.15, 0.2) is 0 Å². The molecule has 124 valence electrons. The summed E-state index contributed by atoms with van der Waals surface area (Å²) in [5.41, 5.74) is 0. The second kappa shape index (κ2) is 7.18. The van der Waals surface area contributed by atoms with Gasteiger partial charge in [0.1, 0.15) is 4.21 Å². The van der Waals surface area contributed by atoms with Crippen LogP contribution in [0.25, 0.3) is 0 Å². The first-order valence-electron chi connectivity index (χ1n) is 8.03. The maximum absolute atomic E-state index is 12.2. The number of thiophene rings is 1. The van der Waals surface area contributed by atoms with Crippen molar-refractivity contribution in [2.24, 2.45) is 5.92 Å². The van der Waals surface area contributed by atoms with Gasteiger partial charge >= 0.3 is 0 Å². The van der Waals surface area contributed by atoms with Crippen LogP contribution in [-0.2, 0) is 10.0 Å². The van der Waals surface area contributed by atoms with Crippen molar-refractivity contribution in [1.82, 2.24) is 9.62 Å². The van der Waals surface area contributed by atoms with E-state index in [-0.39, 0.29) is 0 Å². The average Bonchev–Trinajstić information content (AvgIpc) is 3.17. The van der Waals surface area contributed by atoms with Crippen molar-refractivity contribution >= 4 is 33.0 Å². The number of halogens is 1. The number of nitrogens with zero attached hydrogens (tertiary/aromatic N) is 1. The minimum Gasteiger partial charge on any atom is -0.300 e. The zero-order chi connectivity index (χ0) is 15.6. The summed E-state index contributed by atoms with van der Waals surface area (Å²) in [6, 6.07) is 3.98. The van der Waals surface area contributed by atoms with Gasteiger partial charge < -0.3 is 4.90 Å². The molecule has 0 aromatic carbocycles. The van der Waals surface area contributed by atoms with Gasteiger partial charge in [-0.3, -0.25) is 0 Å². The smallest absolute Gasteiger partial charge is 0.250 e. The Morgan fingerprint density at radius 1 is 1.18 bits per heavy atom. The average molecular weight is 363 g/mol. The fourth-order valence-corrected chi connectivity index (χ4v) is 6.18. The zero-order valence-corrected chi connectivity index (χ0v) is 15.0. The summed E-state index contributed by atoms with van der Waals surface area (Å²) < 4.78 is 27.9. The minimum absolute atomic E-state index is 0.306. The van der Waals surface area contributed by atoms with E-state index in [4.69, 9.17) is 11.6 Å². The highest BCUT2D eigenvalue weighted by Crippen LogP contribution is 2.28. The molecule has 3 rings (SSSR count). The highest BCUT2D eigenvalue weighted by Gasteiger charge is 2.28. The van der Waals surface area contributed by atoms with E-state index in [1.54, 1.807) is 12.1 Å². The highest BCUT2D eigenvalue weighted by atomic mass is 35.5. The second-order valence-corrected chi connectivity index (χ2v) is 10.0. The maximum Gasteiger partial charge on any atom is 0.250 e. The topological polar surface area (TPSA) is 49.4 Å². The summed E-state index contributed by atoms with van der Waals surface area (Å²) in [5, 5.41) is 0. The van der Waals surface area contributed by atoms with Crippen LogP contribution in [0.4, 0.5) is 0 Å². The largest absolute Gasteiger partial charge is 0.300 e. The molecule has 1 saturated carbocycles. The number of piperidine rings is 1. The first-order valence-corrected chi connectivity index (χ1v) is 10.7. The molecule has 1 aliphatic carbocycles. The van der Waals surface area contributed by atoms with Crippen LogP contribution in [0.15, 0.2) is 16.3 Å². The van der Waals surface area contributed by atoms with Crippen LogP contribution in [0.5, 0.6) is 0 Å². The van der Waals surface area contributed by atoms with Gasteiger partial charge in [0.2, 0.25) is 10.0 Å². The molecule has 1 N–H and O–H groups in total. The lowest BCUT2D eigenvalue weighted by atomic mass is 9.96. The van der Waals surface area contributed by atoms with Gasteiger partial charge in [-0.2, -0.15) is 0 Å². The molecular formula is C15H23ClN2O2S2. The number of nitrogens with one attached hydrogen (secondary N) is 1. The van der Waals surface area contributed by atoms with Crippen molar-refractivity contribution in [2.45, 2.75) is 48.8 Å². The van der Waals surface area contributed by atoms with Crippen molar-refractivity contribution in [3.8, 4) is 0 Å². The molecule has 1 saturated heterocycles. The van der Waals surface area contributed by atoms with E-state index in [0.29, 0.717) is 21.0 Å². The summed E-state index contributed by atoms with van der Waals surface area (Å²) in [4.78, 5) is 2.61. The van der Waals surface area contributed by atoms with E-state index in [1.807, 2.05) is 0 Å². The number of hydrogen-bond acceptors (Lipinski definition) is 4. The van der Waals surface area contributed by atoms with Crippen LogP contribution in [-0.4, -0.2) is 39.0 Å². The molecule has 1 aliphatic heterocycles. The minimum atomic E-state index is -3.40. The Labute approximate surface area is 141 Å². The predicted octanol–water partition coefficient (Wildman–Crippen LogP) is 3.33. The first kappa shape index (κ1) is 16.7. The molecule has 2 heterocycles. The van der Waals surface area contributed by atoms with E-state index in [2.05, 4.69) is 9.62 Å². The maximum atomic E-state index is 12.2. The Morgan fingerprint density at radius 2 is 1.86 bits per heavy atom. The number of rotatable bonds is 5. The molecule has 0 spiro atoms. The fourth-order valence-electron chi connectivity index (χ4n) is 3.53. The molecule has 0 bridgehead atoms. The highest BCUT2D eigenvalue weighted by molar-refractivity contribution is 7.91. The lowest BCUT2D eigenvalue weighted by molar-refractivity contribution is 0.135. The third kappa shape index (κ3) is 4.03. The fraction of sp³-hybridized carbons (Fsp3) is 0.733. The molecule has 22 heavy (non-hydrogen) atoms. The van der Waals surface area contributed by atoms with Gasteiger partial charge in [-0.05, 0) is 56.8 Å². The summed E-state index contributed by atoms with van der Waals surface area (Å²) in [6.45, 7) is 2.76. The summed E-state index contributed by atoms with van der Waals surface area (Å²) in [5.74, 6) is 0.447. The van der Waals surface area contributed by atoms with Crippen LogP contribution in [0.2, 0.25) is 4.34 Å². The Balaban J connectivity index is 1.47. The van der Waals surface area contributed by atoms with Crippen molar-refractivity contribution in [3.05, 3.63) is 16.5 Å². The van der Waals surface area contributed by atoms with Crippen molar-refractivity contribution in [3.63, 3.8) is 0 Å². The molecule has 7 heteroatoms. The Morgan fingerprint density at radius 3 is 2.45 bits per heavy atom. The molecule has 2 aliphatic rings. The van der Waals surface area contributed by atoms with E-state index in [9.17, 15) is 8.42 Å². The SMILES string of the molecule is O=S(=O)(NCC1CCN(C2CCCC2)CC1)c1ccc(Cl)s1. The summed E-state index contributed by atoms with van der Waals surface area (Å²) in [7, 11) is -3.40. The zero-order valence-electron chi connectivity index (χ0n) is 12.6. The number of sulfonamides is 1. The molecule has 0 radical (unpaired) electrons. The standard InChI is InChI=1S/C15H23ClN2O2S2/c16-14-5-6-15(21-14)22(19,20)17-11-12-7-9-18(10-8-12)13-3-1-2-4-13/h5-6,12-13,17H,1-4,7-11H2. The Bertz CT molecular complexity index is 588. The molecule has 4 nitrogen and oxygen atoms in total. The van der Waals surface area contributed by atoms with Gasteiger partial charge in [0.05, 0.1) is 4.34 Å². The van der Waals surface area contributed by atoms with Crippen LogP contribution >= 0.6 is 22.9 Å². The van der Waals surface area contributed by atoms with E-state index in [0.717, 1.165) is 43.3 Å². The van der Waals surface area contributed by atoms with Crippen LogP contribution in [0, 0.1) is 5.92 Å². The first-order chi connectivity index (χ1) is 10.5. The van der Waals surface area contributed by atoms with Gasteiger partial charge in [0.25, 0.3) is 0 Å². The monoisotopic (exact) mass is 362 g/mol. The normalized spacial score (nSPS) is 22.4. The molecule has 2 fully saturated rings. The molecule has 0 atom stereocenters. The van der Waals surface area contributed by atoms with Gasteiger partial charge in [-0.25, -0.2) is 13.1 Å². The quantitative estimate of drug-likeness (QED) is 0.873.